The molecule has 2 aromatic rings. The zero-order chi connectivity index (χ0) is 10.4. The molecule has 5 heteroatoms. The third-order valence-corrected chi connectivity index (χ3v) is 1.51. The summed E-state index contributed by atoms with van der Waals surface area (Å²) in [6.45, 7) is 0. The average molecular weight is 209 g/mol. The molecule has 2 N–H and O–H groups in total. The Bertz CT molecular complexity index is 364. The van der Waals surface area contributed by atoms with E-state index < -0.39 is 11.3 Å². The van der Waals surface area contributed by atoms with Gasteiger partial charge in [-0.2, -0.15) is 0 Å². The lowest BCUT2D eigenvalue weighted by molar-refractivity contribution is 0.539. The molecule has 0 aliphatic rings. The summed E-state index contributed by atoms with van der Waals surface area (Å²) in [5.41, 5.74) is 1.06. The quantitative estimate of drug-likeness (QED) is 0.657. The van der Waals surface area contributed by atoms with Gasteiger partial charge in [0.05, 0.1) is 5.52 Å². The third kappa shape index (κ3) is 3.61. The maximum Gasteiger partial charge on any atom is 0.0701 e. The Hall–Kier alpha value is -1.30. The Morgan fingerprint density at radius 1 is 1.21 bits per heavy atom. The molecule has 0 saturated heterocycles. The normalized spacial score (nSPS) is 11.6. The molecule has 1 aromatic heterocycles. The molecular formula is C9H9N2O2S-. The van der Waals surface area contributed by atoms with Crippen molar-refractivity contribution >= 4 is 22.2 Å². The van der Waals surface area contributed by atoms with E-state index in [-0.39, 0.29) is 0 Å². The lowest BCUT2D eigenvalue weighted by atomic mass is 10.2. The predicted octanol–water partition coefficient (Wildman–Crippen LogP) is 0.974. The van der Waals surface area contributed by atoms with Crippen LogP contribution in [-0.4, -0.2) is 13.7 Å². The zero-order valence-corrected chi connectivity index (χ0v) is 8.11. The molecule has 4 nitrogen and oxygen atoms in total. The minimum Gasteiger partial charge on any atom is -0.760 e. The molecule has 0 aliphatic carbocycles. The Kier molecular flexibility index (Phi) is 4.18. The van der Waals surface area contributed by atoms with E-state index in [1.807, 2.05) is 30.5 Å². The minimum atomic E-state index is -2.36. The number of para-hydroxylation sites is 1. The fraction of sp³-hybridized carbons (Fsp3) is 0. The molecule has 2 rings (SSSR count). The SMILES string of the molecule is NS(=O)[O-].c1ccc2ncccc2c1. The van der Waals surface area contributed by atoms with E-state index in [4.69, 9.17) is 8.76 Å². The molecule has 1 aromatic carbocycles. The second-order valence-corrected chi connectivity index (χ2v) is 2.98. The molecule has 0 fully saturated rings. The molecule has 1 heterocycles. The topological polar surface area (TPSA) is 79.0 Å². The molecule has 0 bridgehead atoms. The van der Waals surface area contributed by atoms with Crippen LogP contribution in [0.3, 0.4) is 0 Å². The van der Waals surface area contributed by atoms with Crippen molar-refractivity contribution in [1.82, 2.24) is 4.98 Å². The van der Waals surface area contributed by atoms with Gasteiger partial charge in [-0.3, -0.25) is 14.3 Å². The van der Waals surface area contributed by atoms with Gasteiger partial charge >= 0.3 is 0 Å². The first-order valence-corrected chi connectivity index (χ1v) is 4.97. The van der Waals surface area contributed by atoms with Gasteiger partial charge in [-0.25, -0.2) is 0 Å². The highest BCUT2D eigenvalue weighted by atomic mass is 32.2. The van der Waals surface area contributed by atoms with Crippen molar-refractivity contribution in [1.29, 1.82) is 0 Å². The number of benzene rings is 1. The maximum atomic E-state index is 8.78. The maximum absolute atomic E-state index is 8.78. The highest BCUT2D eigenvalue weighted by Crippen LogP contribution is 2.07. The third-order valence-electron chi connectivity index (χ3n) is 1.51. The van der Waals surface area contributed by atoms with Crippen molar-refractivity contribution in [3.63, 3.8) is 0 Å². The first-order chi connectivity index (χ1) is 6.70. The Labute approximate surface area is 84.2 Å². The summed E-state index contributed by atoms with van der Waals surface area (Å²) < 4.78 is 17.6. The fourth-order valence-corrected chi connectivity index (χ4v) is 1.02. The summed E-state index contributed by atoms with van der Waals surface area (Å²) in [4.78, 5) is 4.18. The summed E-state index contributed by atoms with van der Waals surface area (Å²) in [6, 6.07) is 12.1. The number of aromatic nitrogens is 1. The molecule has 0 amide bonds. The summed E-state index contributed by atoms with van der Waals surface area (Å²) >= 11 is -2.36. The van der Waals surface area contributed by atoms with Crippen LogP contribution in [0.15, 0.2) is 42.6 Å². The van der Waals surface area contributed by atoms with Gasteiger partial charge in [-0.15, -0.1) is 0 Å². The van der Waals surface area contributed by atoms with E-state index in [9.17, 15) is 0 Å². The smallest absolute Gasteiger partial charge is 0.0701 e. The lowest BCUT2D eigenvalue weighted by Gasteiger charge is -1.91. The van der Waals surface area contributed by atoms with E-state index in [0.29, 0.717) is 0 Å². The first kappa shape index (κ1) is 10.8. The Morgan fingerprint density at radius 3 is 2.43 bits per heavy atom. The molecule has 1 unspecified atom stereocenters. The van der Waals surface area contributed by atoms with E-state index in [0.717, 1.165) is 5.52 Å². The van der Waals surface area contributed by atoms with E-state index in [1.54, 1.807) is 0 Å². The van der Waals surface area contributed by atoms with Gasteiger partial charge in [0.1, 0.15) is 0 Å². The van der Waals surface area contributed by atoms with Gasteiger partial charge in [0.2, 0.25) is 0 Å². The van der Waals surface area contributed by atoms with Crippen LogP contribution < -0.4 is 5.14 Å². The van der Waals surface area contributed by atoms with Gasteiger partial charge in [0.25, 0.3) is 0 Å². The van der Waals surface area contributed by atoms with Gasteiger partial charge < -0.3 is 4.55 Å². The van der Waals surface area contributed by atoms with Crippen molar-refractivity contribution in [2.45, 2.75) is 0 Å². The van der Waals surface area contributed by atoms with Crippen molar-refractivity contribution in [3.05, 3.63) is 42.6 Å². The van der Waals surface area contributed by atoms with Gasteiger partial charge in [-0.1, -0.05) is 24.3 Å². The van der Waals surface area contributed by atoms with Crippen molar-refractivity contribution < 1.29 is 8.76 Å². The van der Waals surface area contributed by atoms with Crippen molar-refractivity contribution in [2.24, 2.45) is 5.14 Å². The second-order valence-electron chi connectivity index (χ2n) is 2.46. The van der Waals surface area contributed by atoms with Gasteiger partial charge in [0, 0.05) is 22.8 Å². The summed E-state index contributed by atoms with van der Waals surface area (Å²) in [5.74, 6) is 0. The van der Waals surface area contributed by atoms with Crippen LogP contribution in [0, 0.1) is 0 Å². The summed E-state index contributed by atoms with van der Waals surface area (Å²) in [6.07, 6.45) is 1.81. The molecule has 0 radical (unpaired) electrons. The molecule has 74 valence electrons. The molecule has 1 atom stereocenters. The van der Waals surface area contributed by atoms with Crippen LogP contribution in [0.4, 0.5) is 0 Å². The number of fused-ring (bicyclic) bond motifs is 1. The summed E-state index contributed by atoms with van der Waals surface area (Å²) in [5, 5.41) is 5.23. The molecular weight excluding hydrogens is 200 g/mol. The highest BCUT2D eigenvalue weighted by molar-refractivity contribution is 7.76. The zero-order valence-electron chi connectivity index (χ0n) is 7.29. The Balaban J connectivity index is 0.000000213. The van der Waals surface area contributed by atoms with Gasteiger partial charge in [0.15, 0.2) is 0 Å². The standard InChI is InChI=1S/C9H7N.H3NO2S/c1-2-6-9-8(4-1)5-3-7-10-9;1-4(2)3/h1-7H;1H2,(H,2,3)/p-1. The number of rotatable bonds is 0. The van der Waals surface area contributed by atoms with Crippen LogP contribution in [-0.2, 0) is 11.3 Å². The number of nitrogens with two attached hydrogens (primary N) is 1. The second kappa shape index (κ2) is 5.43. The van der Waals surface area contributed by atoms with Crippen LogP contribution >= 0.6 is 0 Å². The fourth-order valence-electron chi connectivity index (χ4n) is 1.02. The number of nitrogens with zero attached hydrogens (tertiary/aromatic N) is 1. The van der Waals surface area contributed by atoms with Crippen LogP contribution in [0.2, 0.25) is 0 Å². The van der Waals surface area contributed by atoms with E-state index in [1.165, 1.54) is 5.39 Å². The van der Waals surface area contributed by atoms with Crippen molar-refractivity contribution in [3.8, 4) is 0 Å². The predicted molar refractivity (Wildman–Crippen MR) is 54.9 cm³/mol. The van der Waals surface area contributed by atoms with E-state index >= 15 is 0 Å². The van der Waals surface area contributed by atoms with E-state index in [2.05, 4.69) is 22.3 Å². The van der Waals surface area contributed by atoms with Gasteiger partial charge in [-0.05, 0) is 12.1 Å². The monoisotopic (exact) mass is 209 g/mol. The number of hydrogen-bond acceptors (Lipinski definition) is 3. The average Bonchev–Trinajstić information content (AvgIpc) is 2.17. The minimum absolute atomic E-state index is 1.06. The van der Waals surface area contributed by atoms with Crippen LogP contribution in [0.1, 0.15) is 0 Å². The summed E-state index contributed by atoms with van der Waals surface area (Å²) in [7, 11) is 0. The molecule has 0 saturated carbocycles. The molecule has 0 aliphatic heterocycles. The van der Waals surface area contributed by atoms with Crippen LogP contribution in [0.5, 0.6) is 0 Å². The lowest BCUT2D eigenvalue weighted by Crippen LogP contribution is -1.97. The first-order valence-electron chi connectivity index (χ1n) is 3.83. The van der Waals surface area contributed by atoms with Crippen LogP contribution in [0.25, 0.3) is 10.9 Å². The largest absolute Gasteiger partial charge is 0.760 e. The molecule has 0 spiro atoms. The van der Waals surface area contributed by atoms with Crippen molar-refractivity contribution in [2.75, 3.05) is 0 Å². The number of hydrogen-bond donors (Lipinski definition) is 1. The molecule has 14 heavy (non-hydrogen) atoms. The highest BCUT2D eigenvalue weighted by Gasteiger charge is 1.86. The number of pyridine rings is 1. The Morgan fingerprint density at radius 2 is 1.79 bits per heavy atom.